The minimum absolute atomic E-state index is 0.245. The molecule has 8 nitrogen and oxygen atoms in total. The number of nitrogens with one attached hydrogen (secondary N) is 1. The Morgan fingerprint density at radius 1 is 1.08 bits per heavy atom. The molecule has 1 atom stereocenters. The predicted octanol–water partition coefficient (Wildman–Crippen LogP) is 5.49. The van der Waals surface area contributed by atoms with Crippen LogP contribution in [0.5, 0.6) is 11.5 Å². The van der Waals surface area contributed by atoms with Crippen LogP contribution < -0.4 is 20.3 Å². The van der Waals surface area contributed by atoms with E-state index in [9.17, 15) is 14.4 Å². The largest absolute Gasteiger partial charge is 0.486 e. The Labute approximate surface area is 223 Å². The van der Waals surface area contributed by atoms with Crippen LogP contribution in [-0.4, -0.2) is 36.8 Å². The topological polar surface area (TPSA) is 95.9 Å². The lowest BCUT2D eigenvalue weighted by Gasteiger charge is -2.22. The Morgan fingerprint density at radius 2 is 1.84 bits per heavy atom. The smallest absolute Gasteiger partial charge is 0.341 e. The van der Waals surface area contributed by atoms with Crippen LogP contribution in [0.15, 0.2) is 52.6 Å². The lowest BCUT2D eigenvalue weighted by molar-refractivity contribution is -0.119. The standard InChI is InChI=1S/C29H28N2O6S/c1-5-21(31-24(32)13-17(3)19-8-6-7-16(2)26(19)31)27(33)30-28-25(29(34)35-4)20(15-38-28)18-9-10-22-23(14-18)37-12-11-36-22/h6-10,13-15,21H,5,11-12H2,1-4H3,(H,30,33). The van der Waals surface area contributed by atoms with Crippen molar-refractivity contribution in [2.45, 2.75) is 33.2 Å². The van der Waals surface area contributed by atoms with Crippen LogP contribution in [0.4, 0.5) is 5.00 Å². The molecule has 0 bridgehead atoms. The summed E-state index contributed by atoms with van der Waals surface area (Å²) in [7, 11) is 1.30. The number of anilines is 1. The summed E-state index contributed by atoms with van der Waals surface area (Å²) in [5, 5.41) is 5.99. The molecule has 0 aliphatic carbocycles. The number of rotatable bonds is 6. The molecule has 3 heterocycles. The van der Waals surface area contributed by atoms with E-state index in [1.54, 1.807) is 22.1 Å². The third-order valence-corrected chi connectivity index (χ3v) is 7.65. The minimum atomic E-state index is -0.781. The van der Waals surface area contributed by atoms with Crippen molar-refractivity contribution in [2.75, 3.05) is 25.6 Å². The van der Waals surface area contributed by atoms with Crippen LogP contribution in [0.3, 0.4) is 0 Å². The van der Waals surface area contributed by atoms with Gasteiger partial charge < -0.3 is 19.5 Å². The van der Waals surface area contributed by atoms with Gasteiger partial charge in [0.25, 0.3) is 5.56 Å². The number of methoxy groups -OCH3 is 1. The number of ether oxygens (including phenoxy) is 3. The Bertz CT molecular complexity index is 1620. The van der Waals surface area contributed by atoms with Crippen molar-refractivity contribution in [3.63, 3.8) is 0 Å². The molecule has 0 fully saturated rings. The van der Waals surface area contributed by atoms with Crippen LogP contribution in [-0.2, 0) is 9.53 Å². The Balaban J connectivity index is 1.55. The fourth-order valence-corrected chi connectivity index (χ4v) is 5.87. The highest BCUT2D eigenvalue weighted by Gasteiger charge is 2.28. The molecular weight excluding hydrogens is 504 g/mol. The second kappa shape index (κ2) is 10.3. The molecule has 196 valence electrons. The first-order chi connectivity index (χ1) is 18.3. The average Bonchev–Trinajstić information content (AvgIpc) is 3.33. The zero-order valence-electron chi connectivity index (χ0n) is 21.6. The molecule has 1 amide bonds. The molecule has 2 aromatic carbocycles. The quantitative estimate of drug-likeness (QED) is 0.330. The number of amides is 1. The van der Waals surface area contributed by atoms with E-state index in [2.05, 4.69) is 5.32 Å². The minimum Gasteiger partial charge on any atom is -0.486 e. The number of carbonyl (C=O) groups is 2. The summed E-state index contributed by atoms with van der Waals surface area (Å²) in [4.78, 5) is 39.8. The van der Waals surface area contributed by atoms with Crippen molar-refractivity contribution in [3.05, 3.63) is 74.9 Å². The number of hydrogen-bond donors (Lipinski definition) is 1. The molecular formula is C29H28N2O6S. The summed E-state index contributed by atoms with van der Waals surface area (Å²) in [5.74, 6) is 0.269. The van der Waals surface area contributed by atoms with E-state index in [0.29, 0.717) is 41.7 Å². The predicted molar refractivity (Wildman–Crippen MR) is 148 cm³/mol. The molecule has 1 unspecified atom stereocenters. The van der Waals surface area contributed by atoms with Gasteiger partial charge in [-0.05, 0) is 49.1 Å². The molecule has 9 heteroatoms. The normalized spacial score (nSPS) is 13.3. The second-order valence-corrected chi connectivity index (χ2v) is 10.0. The molecule has 38 heavy (non-hydrogen) atoms. The van der Waals surface area contributed by atoms with Gasteiger partial charge in [-0.25, -0.2) is 4.79 Å². The van der Waals surface area contributed by atoms with Gasteiger partial charge >= 0.3 is 5.97 Å². The lowest BCUT2D eigenvalue weighted by atomic mass is 10.0. The van der Waals surface area contributed by atoms with E-state index in [4.69, 9.17) is 14.2 Å². The van der Waals surface area contributed by atoms with Crippen LogP contribution in [0, 0.1) is 13.8 Å². The number of fused-ring (bicyclic) bond motifs is 2. The maximum Gasteiger partial charge on any atom is 0.341 e. The van der Waals surface area contributed by atoms with E-state index in [1.807, 2.05) is 51.1 Å². The van der Waals surface area contributed by atoms with Crippen molar-refractivity contribution in [1.82, 2.24) is 4.57 Å². The highest BCUT2D eigenvalue weighted by atomic mass is 32.1. The molecule has 0 radical (unpaired) electrons. The first kappa shape index (κ1) is 25.5. The molecule has 1 aliphatic heterocycles. The first-order valence-electron chi connectivity index (χ1n) is 12.4. The third-order valence-electron chi connectivity index (χ3n) is 6.75. The van der Waals surface area contributed by atoms with Gasteiger partial charge in [0.15, 0.2) is 11.5 Å². The first-order valence-corrected chi connectivity index (χ1v) is 13.2. The number of para-hydroxylation sites is 1. The van der Waals surface area contributed by atoms with Crippen LogP contribution in [0.2, 0.25) is 0 Å². The van der Waals surface area contributed by atoms with Gasteiger partial charge in [-0.3, -0.25) is 14.2 Å². The fraction of sp³-hybridized carbons (Fsp3) is 0.276. The third kappa shape index (κ3) is 4.43. The zero-order chi connectivity index (χ0) is 27.0. The van der Waals surface area contributed by atoms with Crippen molar-refractivity contribution in [3.8, 4) is 22.6 Å². The fourth-order valence-electron chi connectivity index (χ4n) is 4.91. The number of hydrogen-bond acceptors (Lipinski definition) is 7. The van der Waals surface area contributed by atoms with E-state index >= 15 is 0 Å². The van der Waals surface area contributed by atoms with Gasteiger partial charge in [-0.1, -0.05) is 31.2 Å². The highest BCUT2D eigenvalue weighted by Crippen LogP contribution is 2.40. The van der Waals surface area contributed by atoms with Gasteiger partial charge in [-0.15, -0.1) is 11.3 Å². The van der Waals surface area contributed by atoms with E-state index in [-0.39, 0.29) is 17.0 Å². The van der Waals surface area contributed by atoms with Gasteiger partial charge in [0.05, 0.1) is 12.6 Å². The van der Waals surface area contributed by atoms with Crippen molar-refractivity contribution < 1.29 is 23.8 Å². The summed E-state index contributed by atoms with van der Waals surface area (Å²) in [6, 6.07) is 12.0. The molecule has 1 N–H and O–H groups in total. The maximum absolute atomic E-state index is 13.7. The molecule has 0 saturated heterocycles. The van der Waals surface area contributed by atoms with Gasteiger partial charge in [0.1, 0.15) is 29.8 Å². The molecule has 2 aromatic heterocycles. The van der Waals surface area contributed by atoms with Gasteiger partial charge in [0, 0.05) is 22.4 Å². The Morgan fingerprint density at radius 3 is 2.58 bits per heavy atom. The molecule has 0 spiro atoms. The Hall–Kier alpha value is -4.11. The summed E-state index contributed by atoms with van der Waals surface area (Å²) in [5.41, 5.74) is 3.83. The van der Waals surface area contributed by atoms with Crippen LogP contribution >= 0.6 is 11.3 Å². The zero-order valence-corrected chi connectivity index (χ0v) is 22.4. The van der Waals surface area contributed by atoms with E-state index in [1.165, 1.54) is 18.4 Å². The number of pyridine rings is 1. The van der Waals surface area contributed by atoms with Crippen molar-refractivity contribution in [1.29, 1.82) is 0 Å². The van der Waals surface area contributed by atoms with Crippen LogP contribution in [0.1, 0.15) is 40.9 Å². The highest BCUT2D eigenvalue weighted by molar-refractivity contribution is 7.15. The maximum atomic E-state index is 13.7. The molecule has 5 rings (SSSR count). The van der Waals surface area contributed by atoms with Gasteiger partial charge in [-0.2, -0.15) is 0 Å². The average molecular weight is 533 g/mol. The number of aromatic nitrogens is 1. The number of carbonyl (C=O) groups excluding carboxylic acids is 2. The van der Waals surface area contributed by atoms with E-state index in [0.717, 1.165) is 27.6 Å². The molecule has 0 saturated carbocycles. The van der Waals surface area contributed by atoms with E-state index < -0.39 is 12.0 Å². The Kier molecular flexibility index (Phi) is 6.94. The number of nitrogens with zero attached hydrogens (tertiary/aromatic N) is 1. The summed E-state index contributed by atoms with van der Waals surface area (Å²) < 4.78 is 17.9. The van der Waals surface area contributed by atoms with Crippen molar-refractivity contribution >= 4 is 39.1 Å². The SMILES string of the molecule is CCC(C(=O)Nc1scc(-c2ccc3c(c2)OCCO3)c1C(=O)OC)n1c(=O)cc(C)c2cccc(C)c21. The summed E-state index contributed by atoms with van der Waals surface area (Å²) in [6.07, 6.45) is 0.381. The van der Waals surface area contributed by atoms with Gasteiger partial charge in [0.2, 0.25) is 5.91 Å². The summed E-state index contributed by atoms with van der Waals surface area (Å²) in [6.45, 7) is 6.60. The van der Waals surface area contributed by atoms with Crippen LogP contribution in [0.25, 0.3) is 22.0 Å². The molecule has 1 aliphatic rings. The monoisotopic (exact) mass is 532 g/mol. The van der Waals surface area contributed by atoms with Crippen molar-refractivity contribution in [2.24, 2.45) is 0 Å². The number of esters is 1. The number of benzene rings is 2. The second-order valence-electron chi connectivity index (χ2n) is 9.12. The number of aryl methyl sites for hydroxylation is 2. The summed E-state index contributed by atoms with van der Waals surface area (Å²) >= 11 is 1.22. The lowest BCUT2D eigenvalue weighted by Crippen LogP contribution is -2.33. The number of thiophene rings is 1. The molecule has 4 aromatic rings.